The van der Waals surface area contributed by atoms with Crippen LogP contribution < -0.4 is 0 Å². The number of unbranched alkanes of at least 4 members (excludes halogenated alkanes) is 11. The van der Waals surface area contributed by atoms with E-state index in [0.29, 0.717) is 19.3 Å². The van der Waals surface area contributed by atoms with Gasteiger partial charge in [-0.2, -0.15) is 0 Å². The van der Waals surface area contributed by atoms with E-state index in [2.05, 4.69) is 124 Å². The molecule has 0 N–H and O–H groups in total. The summed E-state index contributed by atoms with van der Waals surface area (Å²) in [5, 5.41) is 0. The number of carbonyl (C=O) groups is 3. The van der Waals surface area contributed by atoms with Crippen LogP contribution in [-0.4, -0.2) is 37.2 Å². The highest BCUT2D eigenvalue weighted by Gasteiger charge is 2.19. The van der Waals surface area contributed by atoms with Crippen molar-refractivity contribution in [2.45, 2.75) is 200 Å². The first kappa shape index (κ1) is 57.8. The molecule has 1 unspecified atom stereocenters. The molecule has 0 bridgehead atoms. The zero-order valence-corrected chi connectivity index (χ0v) is 39.6. The summed E-state index contributed by atoms with van der Waals surface area (Å²) >= 11 is 0. The van der Waals surface area contributed by atoms with Gasteiger partial charge in [0.1, 0.15) is 13.2 Å². The Labute approximate surface area is 380 Å². The Morgan fingerprint density at radius 3 is 1.08 bits per heavy atom. The summed E-state index contributed by atoms with van der Waals surface area (Å²) in [6, 6.07) is 0. The van der Waals surface area contributed by atoms with Crippen molar-refractivity contribution in [2.24, 2.45) is 0 Å². The lowest BCUT2D eigenvalue weighted by atomic mass is 10.1. The number of allylic oxidation sites excluding steroid dienone is 20. The Hall–Kier alpha value is -4.19. The lowest BCUT2D eigenvalue weighted by molar-refractivity contribution is -0.166. The fraction of sp³-hybridized carbons (Fsp3) is 0.589. The van der Waals surface area contributed by atoms with Crippen LogP contribution in [-0.2, 0) is 28.6 Å². The minimum Gasteiger partial charge on any atom is -0.462 e. The third kappa shape index (κ3) is 46.9. The van der Waals surface area contributed by atoms with Gasteiger partial charge in [0.2, 0.25) is 0 Å². The summed E-state index contributed by atoms with van der Waals surface area (Å²) in [5.74, 6) is -1.12. The molecule has 0 aliphatic rings. The number of esters is 3. The molecule has 0 aromatic heterocycles. The van der Waals surface area contributed by atoms with Crippen molar-refractivity contribution in [1.82, 2.24) is 0 Å². The Morgan fingerprint density at radius 1 is 0.339 bits per heavy atom. The van der Waals surface area contributed by atoms with Gasteiger partial charge < -0.3 is 14.2 Å². The van der Waals surface area contributed by atoms with Crippen molar-refractivity contribution < 1.29 is 28.6 Å². The van der Waals surface area contributed by atoms with Gasteiger partial charge in [0.15, 0.2) is 6.10 Å². The minimum absolute atomic E-state index is 0.135. The molecule has 0 amide bonds. The van der Waals surface area contributed by atoms with E-state index in [1.807, 2.05) is 18.2 Å². The van der Waals surface area contributed by atoms with Crippen LogP contribution in [0.25, 0.3) is 0 Å². The van der Waals surface area contributed by atoms with E-state index in [1.165, 1.54) is 38.5 Å². The summed E-state index contributed by atoms with van der Waals surface area (Å²) in [6.45, 7) is 6.25. The van der Waals surface area contributed by atoms with Gasteiger partial charge in [0, 0.05) is 19.3 Å². The number of carbonyl (C=O) groups excluding carboxylic acids is 3. The van der Waals surface area contributed by atoms with E-state index in [0.717, 1.165) is 103 Å². The highest BCUT2D eigenvalue weighted by atomic mass is 16.6. The van der Waals surface area contributed by atoms with Gasteiger partial charge in [-0.3, -0.25) is 14.4 Å². The monoisotopic (exact) mass is 857 g/mol. The number of hydrogen-bond donors (Lipinski definition) is 0. The fourth-order valence-electron chi connectivity index (χ4n) is 6.09. The summed E-state index contributed by atoms with van der Waals surface area (Å²) < 4.78 is 16.6. The largest absolute Gasteiger partial charge is 0.462 e. The van der Waals surface area contributed by atoms with E-state index in [4.69, 9.17) is 14.2 Å². The van der Waals surface area contributed by atoms with Gasteiger partial charge in [0.05, 0.1) is 0 Å². The van der Waals surface area contributed by atoms with Gasteiger partial charge >= 0.3 is 17.9 Å². The van der Waals surface area contributed by atoms with E-state index >= 15 is 0 Å². The normalized spacial score (nSPS) is 13.1. The molecule has 6 heteroatoms. The van der Waals surface area contributed by atoms with Crippen LogP contribution in [0.3, 0.4) is 0 Å². The standard InChI is InChI=1S/C56H88O6/c1-4-7-10-13-16-19-22-25-26-27-28-29-30-32-34-37-40-43-46-49-55(58)61-52-53(51-60-54(57)48-45-42-39-36-33-24-21-18-15-12-9-6-3)62-56(59)50-47-44-41-38-35-31-23-20-17-14-11-8-5-2/h7,9-10,12,16,18-19,21,25-26,28-29,31-32,34-35,40-41,43-44,53H,4-6,8,11,13-15,17,20,22-24,27,30,33,36-39,42,45-52H2,1-3H3/b10-7-,12-9-,19-16-,21-18-,26-25-,29-28-,34-32-,35-31-,43-40-,44-41-. The molecule has 0 saturated heterocycles. The molecule has 0 saturated carbocycles. The van der Waals surface area contributed by atoms with Gasteiger partial charge in [-0.15, -0.1) is 0 Å². The van der Waals surface area contributed by atoms with Gasteiger partial charge in [-0.25, -0.2) is 0 Å². The summed E-state index contributed by atoms with van der Waals surface area (Å²) in [5.41, 5.74) is 0. The summed E-state index contributed by atoms with van der Waals surface area (Å²) in [4.78, 5) is 37.8. The second-order valence-corrected chi connectivity index (χ2v) is 15.6. The summed E-state index contributed by atoms with van der Waals surface area (Å²) in [6.07, 6.45) is 67.8. The highest BCUT2D eigenvalue weighted by Crippen LogP contribution is 2.11. The average molecular weight is 857 g/mol. The van der Waals surface area contributed by atoms with E-state index in [1.54, 1.807) is 0 Å². The zero-order valence-electron chi connectivity index (χ0n) is 39.6. The molecule has 0 fully saturated rings. The second-order valence-electron chi connectivity index (χ2n) is 15.6. The number of ether oxygens (including phenoxy) is 3. The maximum atomic E-state index is 12.7. The smallest absolute Gasteiger partial charge is 0.306 e. The Kier molecular flexibility index (Phi) is 46.1. The molecule has 0 aromatic carbocycles. The maximum Gasteiger partial charge on any atom is 0.306 e. The highest BCUT2D eigenvalue weighted by molar-refractivity contribution is 5.71. The van der Waals surface area contributed by atoms with E-state index in [-0.39, 0.29) is 38.0 Å². The first-order valence-corrected chi connectivity index (χ1v) is 24.5. The van der Waals surface area contributed by atoms with E-state index < -0.39 is 12.1 Å². The molecular formula is C56H88O6. The van der Waals surface area contributed by atoms with Crippen LogP contribution in [0.5, 0.6) is 0 Å². The van der Waals surface area contributed by atoms with Crippen LogP contribution in [0.1, 0.15) is 194 Å². The molecule has 348 valence electrons. The van der Waals surface area contributed by atoms with Crippen molar-refractivity contribution in [2.75, 3.05) is 13.2 Å². The Balaban J connectivity index is 4.59. The van der Waals surface area contributed by atoms with Crippen LogP contribution in [0.2, 0.25) is 0 Å². The van der Waals surface area contributed by atoms with Crippen molar-refractivity contribution in [3.8, 4) is 0 Å². The van der Waals surface area contributed by atoms with Crippen molar-refractivity contribution >= 4 is 17.9 Å². The molecule has 0 aromatic rings. The lowest BCUT2D eigenvalue weighted by Crippen LogP contribution is -2.30. The van der Waals surface area contributed by atoms with Gasteiger partial charge in [-0.1, -0.05) is 194 Å². The topological polar surface area (TPSA) is 78.9 Å². The molecule has 0 radical (unpaired) electrons. The van der Waals surface area contributed by atoms with Crippen LogP contribution in [0.15, 0.2) is 122 Å². The predicted octanol–water partition coefficient (Wildman–Crippen LogP) is 16.1. The SMILES string of the molecule is CC/C=C\C/C=C\C/C=C\C/C=C\C/C=C\C/C=C\CCC(=O)OCC(COC(=O)CCCCCCC/C=C\C/C=C\CC)OC(=O)CC/C=C\C/C=C\CCCCCCCC. The van der Waals surface area contributed by atoms with Crippen molar-refractivity contribution in [1.29, 1.82) is 0 Å². The quantitative estimate of drug-likeness (QED) is 0.0263. The molecule has 0 aliphatic heterocycles. The van der Waals surface area contributed by atoms with Gasteiger partial charge in [0.25, 0.3) is 0 Å². The Bertz CT molecular complexity index is 1350. The van der Waals surface area contributed by atoms with Gasteiger partial charge in [-0.05, 0) is 103 Å². The second kappa shape index (κ2) is 49.5. The van der Waals surface area contributed by atoms with Crippen LogP contribution in [0.4, 0.5) is 0 Å². The third-order valence-corrected chi connectivity index (χ3v) is 9.71. The molecule has 0 rings (SSSR count). The average Bonchev–Trinajstić information content (AvgIpc) is 3.27. The number of rotatable bonds is 42. The lowest BCUT2D eigenvalue weighted by Gasteiger charge is -2.18. The summed E-state index contributed by atoms with van der Waals surface area (Å²) in [7, 11) is 0. The minimum atomic E-state index is -0.847. The van der Waals surface area contributed by atoms with Crippen molar-refractivity contribution in [3.05, 3.63) is 122 Å². The van der Waals surface area contributed by atoms with Crippen molar-refractivity contribution in [3.63, 3.8) is 0 Å². The van der Waals surface area contributed by atoms with Crippen LogP contribution >= 0.6 is 0 Å². The molecule has 62 heavy (non-hydrogen) atoms. The fourth-order valence-corrected chi connectivity index (χ4v) is 6.09. The van der Waals surface area contributed by atoms with E-state index in [9.17, 15) is 14.4 Å². The zero-order chi connectivity index (χ0) is 45.1. The predicted molar refractivity (Wildman–Crippen MR) is 265 cm³/mol. The molecule has 0 spiro atoms. The molecule has 0 aliphatic carbocycles. The first-order chi connectivity index (χ1) is 30.5. The first-order valence-electron chi connectivity index (χ1n) is 24.5. The molecular weight excluding hydrogens is 769 g/mol. The molecule has 6 nitrogen and oxygen atoms in total. The van der Waals surface area contributed by atoms with Crippen LogP contribution in [0, 0.1) is 0 Å². The maximum absolute atomic E-state index is 12.7. The number of hydrogen-bond acceptors (Lipinski definition) is 6. The molecule has 1 atom stereocenters. The Morgan fingerprint density at radius 2 is 0.661 bits per heavy atom. The third-order valence-electron chi connectivity index (χ3n) is 9.71. The molecule has 0 heterocycles.